The van der Waals surface area contributed by atoms with Gasteiger partial charge in [0.05, 0.1) is 7.11 Å². The molecular formula is C15H19N3O3S. The number of nitrogens with one attached hydrogen (secondary N) is 1. The average Bonchev–Trinajstić information content (AvgIpc) is 2.94. The normalized spacial score (nSPS) is 12.2. The number of methoxy groups -OCH3 is 1. The van der Waals surface area contributed by atoms with Gasteiger partial charge in [-0.15, -0.1) is 10.2 Å². The molecule has 0 radical (unpaired) electrons. The van der Waals surface area contributed by atoms with E-state index in [0.717, 1.165) is 16.3 Å². The average molecular weight is 321 g/mol. The molecule has 22 heavy (non-hydrogen) atoms. The van der Waals surface area contributed by atoms with Gasteiger partial charge in [0.25, 0.3) is 0 Å². The number of ether oxygens (including phenoxy) is 1. The lowest BCUT2D eigenvalue weighted by Crippen LogP contribution is -2.30. The van der Waals surface area contributed by atoms with Gasteiger partial charge < -0.3 is 15.2 Å². The minimum absolute atomic E-state index is 0.280. The van der Waals surface area contributed by atoms with Gasteiger partial charge in [0.15, 0.2) is 0 Å². The summed E-state index contributed by atoms with van der Waals surface area (Å²) >= 11 is 1.33. The summed E-state index contributed by atoms with van der Waals surface area (Å²) in [6.45, 7) is 3.97. The summed E-state index contributed by atoms with van der Waals surface area (Å²) in [5.74, 6) is 0.173. The van der Waals surface area contributed by atoms with Crippen LogP contribution in [0.2, 0.25) is 0 Å². The monoisotopic (exact) mass is 321 g/mol. The van der Waals surface area contributed by atoms with Crippen LogP contribution in [0.4, 0.5) is 5.13 Å². The molecule has 0 fully saturated rings. The highest BCUT2D eigenvalue weighted by Crippen LogP contribution is 2.28. The van der Waals surface area contributed by atoms with E-state index in [1.807, 2.05) is 38.1 Å². The van der Waals surface area contributed by atoms with Crippen molar-refractivity contribution < 1.29 is 14.6 Å². The number of carbonyl (C=O) groups is 1. The molecule has 2 aromatic rings. The molecule has 0 aliphatic rings. The van der Waals surface area contributed by atoms with E-state index in [1.165, 1.54) is 11.3 Å². The Hall–Kier alpha value is -2.15. The standard InChI is InChI=1S/C15H19N3O3S/c1-9(2)8-12(14(19)20)16-15-18-17-13(22-15)10-4-6-11(21-3)7-5-10/h4-7,9,12H,8H2,1-3H3,(H,16,18)(H,19,20)/t12-/m0/s1. The minimum atomic E-state index is -0.880. The summed E-state index contributed by atoms with van der Waals surface area (Å²) in [4.78, 5) is 11.3. The highest BCUT2D eigenvalue weighted by molar-refractivity contribution is 7.18. The first-order chi connectivity index (χ1) is 10.5. The van der Waals surface area contributed by atoms with Crippen LogP contribution in [-0.4, -0.2) is 34.4 Å². The summed E-state index contributed by atoms with van der Waals surface area (Å²) in [6, 6.07) is 6.83. The Bertz CT molecular complexity index is 625. The highest BCUT2D eigenvalue weighted by atomic mass is 32.1. The first-order valence-corrected chi connectivity index (χ1v) is 7.78. The lowest BCUT2D eigenvalue weighted by atomic mass is 10.0. The molecule has 2 rings (SSSR count). The Kier molecular flexibility index (Phi) is 5.32. The van der Waals surface area contributed by atoms with Crippen LogP contribution in [0.3, 0.4) is 0 Å². The fraction of sp³-hybridized carbons (Fsp3) is 0.400. The van der Waals surface area contributed by atoms with Gasteiger partial charge in [-0.1, -0.05) is 25.2 Å². The summed E-state index contributed by atoms with van der Waals surface area (Å²) in [7, 11) is 1.61. The van der Waals surface area contributed by atoms with Crippen LogP contribution in [-0.2, 0) is 4.79 Å². The zero-order valence-electron chi connectivity index (χ0n) is 12.7. The van der Waals surface area contributed by atoms with Gasteiger partial charge in [0.1, 0.15) is 16.8 Å². The molecule has 0 spiro atoms. The van der Waals surface area contributed by atoms with Crippen molar-refractivity contribution in [3.8, 4) is 16.3 Å². The number of rotatable bonds is 7. The lowest BCUT2D eigenvalue weighted by molar-refractivity contribution is -0.138. The molecule has 1 heterocycles. The molecule has 1 aromatic heterocycles. The van der Waals surface area contributed by atoms with E-state index >= 15 is 0 Å². The highest BCUT2D eigenvalue weighted by Gasteiger charge is 2.20. The van der Waals surface area contributed by atoms with E-state index < -0.39 is 12.0 Å². The Morgan fingerprint density at radius 2 is 2.00 bits per heavy atom. The zero-order chi connectivity index (χ0) is 16.1. The molecule has 0 saturated heterocycles. The van der Waals surface area contributed by atoms with Crippen LogP contribution in [0.15, 0.2) is 24.3 Å². The fourth-order valence-electron chi connectivity index (χ4n) is 1.97. The number of carboxylic acids is 1. The van der Waals surface area contributed by atoms with E-state index in [1.54, 1.807) is 7.11 Å². The second-order valence-electron chi connectivity index (χ2n) is 5.31. The zero-order valence-corrected chi connectivity index (χ0v) is 13.6. The van der Waals surface area contributed by atoms with Crippen LogP contribution < -0.4 is 10.1 Å². The Labute approximate surface area is 133 Å². The predicted octanol–water partition coefficient (Wildman–Crippen LogP) is 3.12. The van der Waals surface area contributed by atoms with Crippen molar-refractivity contribution in [1.82, 2.24) is 10.2 Å². The molecule has 1 atom stereocenters. The molecule has 0 bridgehead atoms. The summed E-state index contributed by atoms with van der Waals surface area (Å²) in [6.07, 6.45) is 0.535. The molecule has 118 valence electrons. The molecule has 6 nitrogen and oxygen atoms in total. The maximum Gasteiger partial charge on any atom is 0.326 e. The van der Waals surface area contributed by atoms with Gasteiger partial charge in [-0.2, -0.15) is 0 Å². The fourth-order valence-corrected chi connectivity index (χ4v) is 2.78. The number of benzene rings is 1. The maximum absolute atomic E-state index is 11.3. The minimum Gasteiger partial charge on any atom is -0.497 e. The maximum atomic E-state index is 11.3. The number of aliphatic carboxylic acids is 1. The van der Waals surface area contributed by atoms with Gasteiger partial charge in [0, 0.05) is 5.56 Å². The van der Waals surface area contributed by atoms with Crippen molar-refractivity contribution >= 4 is 22.4 Å². The number of hydrogen-bond acceptors (Lipinski definition) is 6. The number of aromatic nitrogens is 2. The van der Waals surface area contributed by atoms with E-state index in [2.05, 4.69) is 15.5 Å². The molecule has 0 aliphatic carbocycles. The molecule has 0 saturated carbocycles. The van der Waals surface area contributed by atoms with Crippen molar-refractivity contribution in [1.29, 1.82) is 0 Å². The number of nitrogens with zero attached hydrogens (tertiary/aromatic N) is 2. The molecule has 0 amide bonds. The van der Waals surface area contributed by atoms with Crippen LogP contribution in [0.5, 0.6) is 5.75 Å². The molecule has 1 aromatic carbocycles. The number of carboxylic acid groups (broad SMARTS) is 1. The van der Waals surface area contributed by atoms with Crippen LogP contribution in [0.1, 0.15) is 20.3 Å². The van der Waals surface area contributed by atoms with E-state index in [4.69, 9.17) is 4.74 Å². The molecule has 2 N–H and O–H groups in total. The van der Waals surface area contributed by atoms with Crippen LogP contribution in [0, 0.1) is 5.92 Å². The van der Waals surface area contributed by atoms with Gasteiger partial charge in [-0.3, -0.25) is 0 Å². The first kappa shape index (κ1) is 16.2. The quantitative estimate of drug-likeness (QED) is 0.815. The Morgan fingerprint density at radius 3 is 2.55 bits per heavy atom. The third-order valence-corrected chi connectivity index (χ3v) is 3.97. The van der Waals surface area contributed by atoms with Gasteiger partial charge in [-0.25, -0.2) is 4.79 Å². The first-order valence-electron chi connectivity index (χ1n) is 6.97. The van der Waals surface area contributed by atoms with Crippen LogP contribution >= 0.6 is 11.3 Å². The van der Waals surface area contributed by atoms with Crippen molar-refractivity contribution in [2.75, 3.05) is 12.4 Å². The van der Waals surface area contributed by atoms with E-state index in [9.17, 15) is 9.90 Å². The second kappa shape index (κ2) is 7.22. The van der Waals surface area contributed by atoms with Gasteiger partial charge >= 0.3 is 5.97 Å². The number of hydrogen-bond donors (Lipinski definition) is 2. The van der Waals surface area contributed by atoms with Gasteiger partial charge in [0.2, 0.25) is 5.13 Å². The SMILES string of the molecule is COc1ccc(-c2nnc(N[C@@H](CC(C)C)C(=O)O)s2)cc1. The number of anilines is 1. The van der Waals surface area contributed by atoms with E-state index in [0.29, 0.717) is 11.6 Å². The third-order valence-electron chi connectivity index (χ3n) is 3.06. The summed E-state index contributed by atoms with van der Waals surface area (Å²) < 4.78 is 5.12. The predicted molar refractivity (Wildman–Crippen MR) is 86.4 cm³/mol. The Morgan fingerprint density at radius 1 is 1.32 bits per heavy atom. The molecule has 0 unspecified atom stereocenters. The topological polar surface area (TPSA) is 84.3 Å². The Balaban J connectivity index is 2.11. The van der Waals surface area contributed by atoms with Crippen LogP contribution in [0.25, 0.3) is 10.6 Å². The lowest BCUT2D eigenvalue weighted by Gasteiger charge is -2.14. The third kappa shape index (κ3) is 4.17. The summed E-state index contributed by atoms with van der Waals surface area (Å²) in [5, 5.41) is 21.6. The van der Waals surface area contributed by atoms with Gasteiger partial charge in [-0.05, 0) is 36.6 Å². The van der Waals surface area contributed by atoms with Crippen molar-refractivity contribution in [3.63, 3.8) is 0 Å². The molecule has 7 heteroatoms. The molecule has 0 aliphatic heterocycles. The van der Waals surface area contributed by atoms with Crippen molar-refractivity contribution in [2.45, 2.75) is 26.3 Å². The largest absolute Gasteiger partial charge is 0.497 e. The van der Waals surface area contributed by atoms with E-state index in [-0.39, 0.29) is 5.92 Å². The van der Waals surface area contributed by atoms with Crippen molar-refractivity contribution in [3.05, 3.63) is 24.3 Å². The van der Waals surface area contributed by atoms with Crippen molar-refractivity contribution in [2.24, 2.45) is 5.92 Å². The molecular weight excluding hydrogens is 302 g/mol. The summed E-state index contributed by atoms with van der Waals surface area (Å²) in [5.41, 5.74) is 0.919. The smallest absolute Gasteiger partial charge is 0.326 e. The second-order valence-corrected chi connectivity index (χ2v) is 6.28.